The number of aromatic nitrogens is 2. The van der Waals surface area contributed by atoms with Gasteiger partial charge in [0, 0.05) is 65.3 Å². The van der Waals surface area contributed by atoms with E-state index in [4.69, 9.17) is 9.97 Å². The molecule has 0 unspecified atom stereocenters. The van der Waals surface area contributed by atoms with E-state index in [1.54, 1.807) is 0 Å². The molecule has 3 rings (SSSR count). The van der Waals surface area contributed by atoms with Gasteiger partial charge >= 0.3 is 0 Å². The average Bonchev–Trinajstić information content (AvgIpc) is 2.80. The molecule has 0 fully saturated rings. The third-order valence-electron chi connectivity index (χ3n) is 6.65. The van der Waals surface area contributed by atoms with Crippen LogP contribution in [0.15, 0.2) is 18.2 Å². The van der Waals surface area contributed by atoms with Crippen molar-refractivity contribution >= 4 is 33.2 Å². The number of nitrogens with zero attached hydrogens (tertiary/aromatic N) is 4. The molecule has 0 atom stereocenters. The van der Waals surface area contributed by atoms with Crippen LogP contribution in [0.2, 0.25) is 0 Å². The number of rotatable bonds is 12. The van der Waals surface area contributed by atoms with Crippen molar-refractivity contribution in [3.8, 4) is 0 Å². The van der Waals surface area contributed by atoms with Crippen LogP contribution in [0.3, 0.4) is 0 Å². The Bertz CT molecular complexity index is 988. The summed E-state index contributed by atoms with van der Waals surface area (Å²) in [6.07, 6.45) is 0. The van der Waals surface area contributed by atoms with E-state index in [0.717, 1.165) is 91.7 Å². The maximum Gasteiger partial charge on any atom is 0.0777 e. The lowest BCUT2D eigenvalue weighted by atomic mass is 10.0. The van der Waals surface area contributed by atoms with Crippen LogP contribution in [-0.4, -0.2) is 72.1 Å². The van der Waals surface area contributed by atoms with Gasteiger partial charge in [-0.05, 0) is 65.1 Å². The highest BCUT2D eigenvalue weighted by atomic mass is 15.1. The highest BCUT2D eigenvalue weighted by Gasteiger charge is 2.14. The van der Waals surface area contributed by atoms with Crippen molar-refractivity contribution in [2.75, 3.05) is 63.0 Å². The Morgan fingerprint density at radius 2 is 1.03 bits per heavy atom. The van der Waals surface area contributed by atoms with Gasteiger partial charge in [0.05, 0.1) is 11.0 Å². The molecule has 33 heavy (non-hydrogen) atoms. The second kappa shape index (κ2) is 11.6. The Labute approximate surface area is 199 Å². The monoisotopic (exact) mass is 450 g/mol. The normalized spacial score (nSPS) is 11.8. The second-order valence-electron chi connectivity index (χ2n) is 8.82. The molecule has 1 aromatic carbocycles. The molecule has 2 heterocycles. The second-order valence-corrected chi connectivity index (χ2v) is 8.82. The number of anilines is 2. The molecular weight excluding hydrogens is 408 g/mol. The zero-order valence-corrected chi connectivity index (χ0v) is 21.7. The van der Waals surface area contributed by atoms with Crippen molar-refractivity contribution in [3.05, 3.63) is 35.2 Å². The molecule has 180 valence electrons. The minimum Gasteiger partial charge on any atom is -0.383 e. The minimum atomic E-state index is 0.915. The number of benzene rings is 1. The lowest BCUT2D eigenvalue weighted by molar-refractivity contribution is 0.316. The SMILES string of the molecule is CCN(CC)CCNc1cc(C)nc2c(C)c3nc(C)cc(NCCN(CC)CC)c3cc12. The molecule has 0 aliphatic rings. The number of pyridine rings is 2. The van der Waals surface area contributed by atoms with E-state index < -0.39 is 0 Å². The van der Waals surface area contributed by atoms with Crippen LogP contribution in [0.25, 0.3) is 21.8 Å². The molecule has 2 aromatic heterocycles. The number of likely N-dealkylation sites (N-methyl/N-ethyl adjacent to an activating group) is 2. The van der Waals surface area contributed by atoms with Crippen LogP contribution in [0.1, 0.15) is 44.6 Å². The van der Waals surface area contributed by atoms with Crippen LogP contribution in [0.4, 0.5) is 11.4 Å². The van der Waals surface area contributed by atoms with Crippen molar-refractivity contribution in [1.82, 2.24) is 19.8 Å². The smallest absolute Gasteiger partial charge is 0.0777 e. The van der Waals surface area contributed by atoms with E-state index in [-0.39, 0.29) is 0 Å². The van der Waals surface area contributed by atoms with Crippen LogP contribution < -0.4 is 10.6 Å². The van der Waals surface area contributed by atoms with Gasteiger partial charge in [-0.1, -0.05) is 27.7 Å². The third kappa shape index (κ3) is 5.92. The summed E-state index contributed by atoms with van der Waals surface area (Å²) in [7, 11) is 0. The Kier molecular flexibility index (Phi) is 8.87. The van der Waals surface area contributed by atoms with Crippen LogP contribution in [0.5, 0.6) is 0 Å². The topological polar surface area (TPSA) is 56.3 Å². The van der Waals surface area contributed by atoms with Crippen molar-refractivity contribution in [3.63, 3.8) is 0 Å². The number of hydrogen-bond donors (Lipinski definition) is 2. The quantitative estimate of drug-likeness (QED) is 0.369. The lowest BCUT2D eigenvalue weighted by Gasteiger charge is -2.21. The summed E-state index contributed by atoms with van der Waals surface area (Å²) in [6, 6.07) is 6.62. The van der Waals surface area contributed by atoms with Gasteiger partial charge in [-0.25, -0.2) is 0 Å². The predicted molar refractivity (Wildman–Crippen MR) is 144 cm³/mol. The summed E-state index contributed by atoms with van der Waals surface area (Å²) >= 11 is 0. The summed E-state index contributed by atoms with van der Waals surface area (Å²) in [6.45, 7) is 23.4. The van der Waals surface area contributed by atoms with E-state index >= 15 is 0 Å². The molecule has 6 heteroatoms. The Hall–Kier alpha value is -2.44. The average molecular weight is 451 g/mol. The molecule has 3 aromatic rings. The van der Waals surface area contributed by atoms with E-state index in [1.807, 2.05) is 0 Å². The molecule has 0 bridgehead atoms. The van der Waals surface area contributed by atoms with Crippen molar-refractivity contribution in [2.45, 2.75) is 48.5 Å². The Balaban J connectivity index is 2.00. The van der Waals surface area contributed by atoms with Gasteiger partial charge in [0.15, 0.2) is 0 Å². The van der Waals surface area contributed by atoms with Gasteiger partial charge in [-0.15, -0.1) is 0 Å². The van der Waals surface area contributed by atoms with Crippen LogP contribution in [0, 0.1) is 20.8 Å². The Morgan fingerprint density at radius 3 is 1.39 bits per heavy atom. The fourth-order valence-corrected chi connectivity index (χ4v) is 4.56. The van der Waals surface area contributed by atoms with Crippen LogP contribution >= 0.6 is 0 Å². The number of nitrogens with one attached hydrogen (secondary N) is 2. The highest BCUT2D eigenvalue weighted by molar-refractivity contribution is 6.07. The molecule has 0 aliphatic heterocycles. The first-order chi connectivity index (χ1) is 15.9. The first-order valence-corrected chi connectivity index (χ1v) is 12.6. The summed E-state index contributed by atoms with van der Waals surface area (Å²) in [4.78, 5) is 14.7. The highest BCUT2D eigenvalue weighted by Crippen LogP contribution is 2.34. The molecule has 0 amide bonds. The largest absolute Gasteiger partial charge is 0.383 e. The molecule has 0 saturated carbocycles. The van der Waals surface area contributed by atoms with Crippen LogP contribution in [-0.2, 0) is 0 Å². The van der Waals surface area contributed by atoms with E-state index in [2.05, 4.69) is 87.1 Å². The molecule has 0 radical (unpaired) electrons. The molecule has 0 spiro atoms. The molecule has 2 N–H and O–H groups in total. The lowest BCUT2D eigenvalue weighted by Crippen LogP contribution is -2.28. The van der Waals surface area contributed by atoms with Crippen molar-refractivity contribution in [1.29, 1.82) is 0 Å². The van der Waals surface area contributed by atoms with Gasteiger partial charge in [0.2, 0.25) is 0 Å². The summed E-state index contributed by atoms with van der Waals surface area (Å²) in [5.41, 5.74) is 7.60. The third-order valence-corrected chi connectivity index (χ3v) is 6.65. The van der Waals surface area contributed by atoms with Crippen molar-refractivity contribution in [2.24, 2.45) is 0 Å². The zero-order valence-electron chi connectivity index (χ0n) is 21.7. The minimum absolute atomic E-state index is 0.915. The standard InChI is InChI=1S/C27H42N6/c1-8-32(9-2)14-12-28-24-16-19(5)30-26-21(7)27-23(18-22(24)26)25(17-20(6)31-27)29-13-15-33(10-3)11-4/h16-18H,8-15H2,1-7H3,(H,28,30)(H,29,31). The van der Waals surface area contributed by atoms with E-state index in [0.29, 0.717) is 0 Å². The summed E-state index contributed by atoms with van der Waals surface area (Å²) in [5.74, 6) is 0. The van der Waals surface area contributed by atoms with Gasteiger partial charge in [0.25, 0.3) is 0 Å². The van der Waals surface area contributed by atoms with Gasteiger partial charge in [-0.2, -0.15) is 0 Å². The van der Waals surface area contributed by atoms with E-state index in [9.17, 15) is 0 Å². The number of fused-ring (bicyclic) bond motifs is 2. The summed E-state index contributed by atoms with van der Waals surface area (Å²) < 4.78 is 0. The maximum absolute atomic E-state index is 4.91. The fourth-order valence-electron chi connectivity index (χ4n) is 4.56. The van der Waals surface area contributed by atoms with Crippen molar-refractivity contribution < 1.29 is 0 Å². The molecule has 0 aliphatic carbocycles. The Morgan fingerprint density at radius 1 is 0.636 bits per heavy atom. The van der Waals surface area contributed by atoms with Gasteiger partial charge in [0.1, 0.15) is 0 Å². The molecular formula is C27H42N6. The van der Waals surface area contributed by atoms with Gasteiger partial charge in [-0.3, -0.25) is 9.97 Å². The predicted octanol–water partition coefficient (Wildman–Crippen LogP) is 5.22. The summed E-state index contributed by atoms with van der Waals surface area (Å²) in [5, 5.41) is 9.73. The maximum atomic E-state index is 4.91. The molecule has 6 nitrogen and oxygen atoms in total. The first kappa shape index (κ1) is 25.2. The fraction of sp³-hybridized carbons (Fsp3) is 0.556. The first-order valence-electron chi connectivity index (χ1n) is 12.6. The number of hydrogen-bond acceptors (Lipinski definition) is 6. The van der Waals surface area contributed by atoms with Gasteiger partial charge < -0.3 is 20.4 Å². The van der Waals surface area contributed by atoms with E-state index in [1.165, 1.54) is 10.8 Å². The zero-order chi connectivity index (χ0) is 24.0. The number of aryl methyl sites for hydroxylation is 3. The molecule has 0 saturated heterocycles.